The van der Waals surface area contributed by atoms with Crippen LogP contribution in [0.2, 0.25) is 0 Å². The van der Waals surface area contributed by atoms with E-state index in [9.17, 15) is 8.42 Å². The molecule has 1 aromatic rings. The van der Waals surface area contributed by atoms with E-state index in [4.69, 9.17) is 15.2 Å². The Morgan fingerprint density at radius 3 is 2.71 bits per heavy atom. The monoisotopic (exact) mass is 314 g/mol. The van der Waals surface area contributed by atoms with Crippen molar-refractivity contribution in [1.82, 2.24) is 4.72 Å². The summed E-state index contributed by atoms with van der Waals surface area (Å²) in [6.45, 7) is 0.602. The molecule has 0 atom stereocenters. The van der Waals surface area contributed by atoms with Crippen molar-refractivity contribution < 1.29 is 17.9 Å². The predicted molar refractivity (Wildman–Crippen MR) is 80.8 cm³/mol. The second kappa shape index (κ2) is 7.11. The van der Waals surface area contributed by atoms with Gasteiger partial charge in [0.05, 0.1) is 19.8 Å². The third kappa shape index (κ3) is 4.33. The van der Waals surface area contributed by atoms with Crippen molar-refractivity contribution >= 4 is 15.7 Å². The van der Waals surface area contributed by atoms with Gasteiger partial charge in [0.1, 0.15) is 10.6 Å². The van der Waals surface area contributed by atoms with Crippen LogP contribution in [0.5, 0.6) is 5.75 Å². The van der Waals surface area contributed by atoms with Crippen molar-refractivity contribution in [1.29, 1.82) is 0 Å². The Morgan fingerprint density at radius 1 is 1.33 bits per heavy atom. The highest BCUT2D eigenvalue weighted by atomic mass is 32.2. The Balaban J connectivity index is 1.93. The number of rotatable bonds is 7. The van der Waals surface area contributed by atoms with Gasteiger partial charge in [0.2, 0.25) is 10.0 Å². The molecule has 0 radical (unpaired) electrons. The van der Waals surface area contributed by atoms with Gasteiger partial charge in [-0.3, -0.25) is 0 Å². The molecule has 0 unspecified atom stereocenters. The summed E-state index contributed by atoms with van der Waals surface area (Å²) in [5.74, 6) is 0.272. The molecule has 6 nitrogen and oxygen atoms in total. The Hall–Kier alpha value is -1.31. The highest BCUT2D eigenvalue weighted by Crippen LogP contribution is 2.25. The second-order valence-corrected chi connectivity index (χ2v) is 6.82. The maximum absolute atomic E-state index is 12.3. The second-order valence-electron chi connectivity index (χ2n) is 5.09. The van der Waals surface area contributed by atoms with Crippen LogP contribution in [-0.2, 0) is 14.8 Å². The molecule has 2 rings (SSSR count). The number of nitrogens with one attached hydrogen (secondary N) is 1. The maximum atomic E-state index is 12.3. The van der Waals surface area contributed by atoms with E-state index < -0.39 is 10.0 Å². The molecule has 3 N–H and O–H groups in total. The van der Waals surface area contributed by atoms with Gasteiger partial charge < -0.3 is 15.2 Å². The minimum absolute atomic E-state index is 0.0471. The summed E-state index contributed by atoms with van der Waals surface area (Å²) in [6, 6.07) is 4.53. The van der Waals surface area contributed by atoms with Crippen LogP contribution in [0.15, 0.2) is 23.1 Å². The van der Waals surface area contributed by atoms with Crippen LogP contribution in [0.4, 0.5) is 5.69 Å². The van der Waals surface area contributed by atoms with Crippen molar-refractivity contribution in [3.8, 4) is 5.75 Å². The first kappa shape index (κ1) is 16.1. The minimum atomic E-state index is -3.66. The Morgan fingerprint density at radius 2 is 2.05 bits per heavy atom. The van der Waals surface area contributed by atoms with E-state index in [-0.39, 0.29) is 23.3 Å². The minimum Gasteiger partial charge on any atom is -0.495 e. The molecule has 0 aromatic heterocycles. The Bertz CT molecular complexity index is 568. The fourth-order valence-corrected chi connectivity index (χ4v) is 3.65. The molecule has 1 aliphatic carbocycles. The van der Waals surface area contributed by atoms with Gasteiger partial charge in [-0.25, -0.2) is 13.1 Å². The van der Waals surface area contributed by atoms with Gasteiger partial charge in [0, 0.05) is 12.2 Å². The van der Waals surface area contributed by atoms with Crippen LogP contribution in [0.3, 0.4) is 0 Å². The van der Waals surface area contributed by atoms with E-state index in [1.54, 1.807) is 12.1 Å². The van der Waals surface area contributed by atoms with Crippen LogP contribution in [0, 0.1) is 0 Å². The molecule has 118 valence electrons. The van der Waals surface area contributed by atoms with Crippen molar-refractivity contribution in [3.63, 3.8) is 0 Å². The van der Waals surface area contributed by atoms with Crippen LogP contribution >= 0.6 is 0 Å². The number of nitrogens with two attached hydrogens (primary N) is 1. The number of benzene rings is 1. The number of methoxy groups -OCH3 is 1. The van der Waals surface area contributed by atoms with Gasteiger partial charge in [-0.05, 0) is 31.0 Å². The van der Waals surface area contributed by atoms with E-state index in [1.807, 2.05) is 0 Å². The first-order chi connectivity index (χ1) is 10.0. The fraction of sp³-hybridized carbons (Fsp3) is 0.571. The van der Waals surface area contributed by atoms with E-state index in [2.05, 4.69) is 4.72 Å². The summed E-state index contributed by atoms with van der Waals surface area (Å²) in [5, 5.41) is 0. The summed E-state index contributed by atoms with van der Waals surface area (Å²) < 4.78 is 37.7. The molecule has 1 aromatic carbocycles. The van der Waals surface area contributed by atoms with Crippen LogP contribution in [0.1, 0.15) is 25.7 Å². The van der Waals surface area contributed by atoms with Crippen LogP contribution in [0.25, 0.3) is 0 Å². The van der Waals surface area contributed by atoms with E-state index in [0.29, 0.717) is 12.3 Å². The van der Waals surface area contributed by atoms with Crippen molar-refractivity contribution in [2.24, 2.45) is 0 Å². The van der Waals surface area contributed by atoms with Gasteiger partial charge >= 0.3 is 0 Å². The molecule has 0 spiro atoms. The molecule has 0 aliphatic heterocycles. The number of sulfonamides is 1. The zero-order chi connectivity index (χ0) is 15.3. The van der Waals surface area contributed by atoms with Crippen molar-refractivity contribution in [3.05, 3.63) is 18.2 Å². The fourth-order valence-electron chi connectivity index (χ4n) is 2.44. The van der Waals surface area contributed by atoms with Crippen LogP contribution in [-0.4, -0.2) is 34.8 Å². The third-order valence-corrected chi connectivity index (χ3v) is 5.01. The molecule has 1 aliphatic rings. The van der Waals surface area contributed by atoms with Gasteiger partial charge in [0.25, 0.3) is 0 Å². The lowest BCUT2D eigenvalue weighted by Crippen LogP contribution is -2.29. The molecule has 21 heavy (non-hydrogen) atoms. The lowest BCUT2D eigenvalue weighted by Gasteiger charge is -2.13. The molecule has 0 bridgehead atoms. The molecule has 0 heterocycles. The van der Waals surface area contributed by atoms with Crippen molar-refractivity contribution in [2.75, 3.05) is 26.0 Å². The topological polar surface area (TPSA) is 90.7 Å². The largest absolute Gasteiger partial charge is 0.495 e. The van der Waals surface area contributed by atoms with E-state index >= 15 is 0 Å². The number of ether oxygens (including phenoxy) is 2. The average Bonchev–Trinajstić information content (AvgIpc) is 2.97. The van der Waals surface area contributed by atoms with Gasteiger partial charge in [0.15, 0.2) is 0 Å². The molecular formula is C14H22N2O4S. The molecular weight excluding hydrogens is 292 g/mol. The quantitative estimate of drug-likeness (QED) is 0.588. The number of nitrogen functional groups attached to an aromatic ring is 1. The van der Waals surface area contributed by atoms with Crippen molar-refractivity contribution in [2.45, 2.75) is 36.7 Å². The zero-order valence-electron chi connectivity index (χ0n) is 12.2. The predicted octanol–water partition coefficient (Wildman–Crippen LogP) is 1.51. The summed E-state index contributed by atoms with van der Waals surface area (Å²) in [6.07, 6.45) is 4.79. The highest BCUT2D eigenvalue weighted by Gasteiger charge is 2.20. The number of hydrogen-bond donors (Lipinski definition) is 2. The SMILES string of the molecule is COc1ccc(N)cc1S(=O)(=O)NCCOC1CCCC1. The maximum Gasteiger partial charge on any atom is 0.244 e. The van der Waals surface area contributed by atoms with Gasteiger partial charge in [-0.15, -0.1) is 0 Å². The first-order valence-corrected chi connectivity index (χ1v) is 8.56. The Kier molecular flexibility index (Phi) is 5.44. The van der Waals surface area contributed by atoms with Gasteiger partial charge in [-0.1, -0.05) is 12.8 Å². The summed E-state index contributed by atoms with van der Waals surface area (Å²) >= 11 is 0. The first-order valence-electron chi connectivity index (χ1n) is 7.08. The highest BCUT2D eigenvalue weighted by molar-refractivity contribution is 7.89. The number of hydrogen-bond acceptors (Lipinski definition) is 5. The molecule has 1 fully saturated rings. The zero-order valence-corrected chi connectivity index (χ0v) is 13.0. The van der Waals surface area contributed by atoms with Crippen LogP contribution < -0.4 is 15.2 Å². The molecule has 0 saturated heterocycles. The molecule has 0 amide bonds. The van der Waals surface area contributed by atoms with Gasteiger partial charge in [-0.2, -0.15) is 0 Å². The normalized spacial score (nSPS) is 16.2. The lowest BCUT2D eigenvalue weighted by atomic mass is 10.3. The number of anilines is 1. The van der Waals surface area contributed by atoms with E-state index in [1.165, 1.54) is 26.0 Å². The summed E-state index contributed by atoms with van der Waals surface area (Å²) in [7, 11) is -2.23. The summed E-state index contributed by atoms with van der Waals surface area (Å²) in [4.78, 5) is 0.0471. The summed E-state index contributed by atoms with van der Waals surface area (Å²) in [5.41, 5.74) is 6.02. The Labute approximate surface area is 125 Å². The average molecular weight is 314 g/mol. The smallest absolute Gasteiger partial charge is 0.244 e. The standard InChI is InChI=1S/C14H22N2O4S/c1-19-13-7-6-11(15)10-14(13)21(17,18)16-8-9-20-12-4-2-3-5-12/h6-7,10,12,16H,2-5,8-9,15H2,1H3. The molecule has 7 heteroatoms. The van der Waals surface area contributed by atoms with E-state index in [0.717, 1.165) is 12.8 Å². The lowest BCUT2D eigenvalue weighted by molar-refractivity contribution is 0.0626. The third-order valence-electron chi connectivity index (χ3n) is 3.53. The molecule has 1 saturated carbocycles.